The van der Waals surface area contributed by atoms with Crippen LogP contribution in [-0.2, 0) is 5.88 Å². The van der Waals surface area contributed by atoms with Gasteiger partial charge in [-0.3, -0.25) is 10.1 Å². The van der Waals surface area contributed by atoms with Crippen molar-refractivity contribution < 1.29 is 14.1 Å². The molecule has 2 aromatic rings. The van der Waals surface area contributed by atoms with E-state index in [2.05, 4.69) is 4.98 Å². The van der Waals surface area contributed by atoms with Gasteiger partial charge in [-0.05, 0) is 6.07 Å². The summed E-state index contributed by atoms with van der Waals surface area (Å²) >= 11 is 12.5. The van der Waals surface area contributed by atoms with Crippen LogP contribution in [0.5, 0.6) is 10.9 Å². The Bertz CT molecular complexity index is 635. The van der Waals surface area contributed by atoms with Crippen LogP contribution >= 0.6 is 34.5 Å². The first-order chi connectivity index (χ1) is 9.01. The van der Waals surface area contributed by atoms with E-state index in [-0.39, 0.29) is 27.7 Å². The fraction of sp³-hybridized carbons (Fsp3) is 0.100. The molecule has 0 saturated heterocycles. The maximum absolute atomic E-state index is 13.6. The van der Waals surface area contributed by atoms with Crippen LogP contribution in [0.1, 0.15) is 4.88 Å². The third-order valence-electron chi connectivity index (χ3n) is 2.07. The zero-order chi connectivity index (χ0) is 14.0. The van der Waals surface area contributed by atoms with Crippen molar-refractivity contribution in [2.45, 2.75) is 5.88 Å². The Labute approximate surface area is 120 Å². The number of aromatic nitrogens is 1. The Kier molecular flexibility index (Phi) is 4.18. The van der Waals surface area contributed by atoms with Gasteiger partial charge in [0.15, 0.2) is 11.6 Å². The molecule has 0 atom stereocenters. The lowest BCUT2D eigenvalue weighted by atomic mass is 10.3. The van der Waals surface area contributed by atoms with Gasteiger partial charge in [0.2, 0.25) is 0 Å². The third-order valence-corrected chi connectivity index (χ3v) is 3.86. The van der Waals surface area contributed by atoms with Crippen molar-refractivity contribution in [2.75, 3.05) is 0 Å². The number of rotatable bonds is 4. The predicted molar refractivity (Wildman–Crippen MR) is 69.8 cm³/mol. The molecule has 100 valence electrons. The number of halogens is 3. The average molecular weight is 323 g/mol. The number of non-ortho nitro benzene ring substituents is 1. The van der Waals surface area contributed by atoms with E-state index in [4.69, 9.17) is 27.9 Å². The summed E-state index contributed by atoms with van der Waals surface area (Å²) in [7, 11) is 0. The Morgan fingerprint density at radius 3 is 2.79 bits per heavy atom. The number of nitrogens with zero attached hydrogens (tertiary/aromatic N) is 2. The van der Waals surface area contributed by atoms with Gasteiger partial charge in [0, 0.05) is 6.07 Å². The summed E-state index contributed by atoms with van der Waals surface area (Å²) in [6.07, 6.45) is 0. The second-order valence-electron chi connectivity index (χ2n) is 3.30. The third kappa shape index (κ3) is 3.12. The molecule has 0 aliphatic rings. The van der Waals surface area contributed by atoms with E-state index in [9.17, 15) is 14.5 Å². The lowest BCUT2D eigenvalue weighted by Gasteiger charge is -2.02. The highest BCUT2D eigenvalue weighted by Crippen LogP contribution is 2.34. The van der Waals surface area contributed by atoms with Crippen molar-refractivity contribution in [2.24, 2.45) is 0 Å². The van der Waals surface area contributed by atoms with Crippen LogP contribution in [0.15, 0.2) is 18.2 Å². The number of benzene rings is 1. The van der Waals surface area contributed by atoms with Crippen LogP contribution in [0, 0.1) is 15.9 Å². The average Bonchev–Trinajstić information content (AvgIpc) is 2.72. The highest BCUT2D eigenvalue weighted by atomic mass is 35.5. The van der Waals surface area contributed by atoms with Crippen LogP contribution in [0.25, 0.3) is 0 Å². The fourth-order valence-electron chi connectivity index (χ4n) is 1.22. The number of nitro benzene ring substituents is 1. The minimum absolute atomic E-state index is 0.119. The number of hydrogen-bond acceptors (Lipinski definition) is 5. The van der Waals surface area contributed by atoms with Crippen LogP contribution in [0.3, 0.4) is 0 Å². The number of alkyl halides is 1. The van der Waals surface area contributed by atoms with Gasteiger partial charge in [0.1, 0.15) is 5.15 Å². The summed E-state index contributed by atoms with van der Waals surface area (Å²) in [6, 6.07) is 3.06. The SMILES string of the molecule is O=[N+]([O-])c1ccc(Oc2nc(Cl)c(CCl)s2)c(F)c1. The molecule has 0 N–H and O–H groups in total. The molecular weight excluding hydrogens is 318 g/mol. The Morgan fingerprint density at radius 2 is 2.26 bits per heavy atom. The van der Waals surface area contributed by atoms with Crippen molar-refractivity contribution in [1.82, 2.24) is 4.98 Å². The molecule has 0 saturated carbocycles. The molecule has 1 aromatic carbocycles. The lowest BCUT2D eigenvalue weighted by Crippen LogP contribution is -1.92. The summed E-state index contributed by atoms with van der Waals surface area (Å²) < 4.78 is 18.7. The first kappa shape index (κ1) is 14.0. The molecule has 2 rings (SSSR count). The number of thiazole rings is 1. The fourth-order valence-corrected chi connectivity index (χ4v) is 2.55. The first-order valence-corrected chi connectivity index (χ1v) is 6.57. The van der Waals surface area contributed by atoms with Gasteiger partial charge in [0.05, 0.1) is 21.7 Å². The zero-order valence-corrected chi connectivity index (χ0v) is 11.4. The van der Waals surface area contributed by atoms with Crippen molar-refractivity contribution in [3.8, 4) is 10.9 Å². The number of hydrogen-bond donors (Lipinski definition) is 0. The van der Waals surface area contributed by atoms with E-state index in [0.29, 0.717) is 4.88 Å². The van der Waals surface area contributed by atoms with Crippen molar-refractivity contribution in [3.63, 3.8) is 0 Å². The van der Waals surface area contributed by atoms with Crippen LogP contribution < -0.4 is 4.74 Å². The standard InChI is InChI=1S/C10H5Cl2FN2O3S/c11-4-8-9(12)14-10(19-8)18-7-2-1-5(15(16)17)3-6(7)13/h1-3H,4H2. The van der Waals surface area contributed by atoms with E-state index in [1.807, 2.05) is 0 Å². The zero-order valence-electron chi connectivity index (χ0n) is 9.10. The Hall–Kier alpha value is -1.44. The van der Waals surface area contributed by atoms with Gasteiger partial charge < -0.3 is 4.74 Å². The molecule has 1 aromatic heterocycles. The Morgan fingerprint density at radius 1 is 1.53 bits per heavy atom. The van der Waals surface area contributed by atoms with E-state index < -0.39 is 10.7 Å². The molecule has 0 spiro atoms. The molecule has 0 bridgehead atoms. The van der Waals surface area contributed by atoms with Gasteiger partial charge in [-0.25, -0.2) is 4.39 Å². The van der Waals surface area contributed by atoms with E-state index in [1.54, 1.807) is 0 Å². The summed E-state index contributed by atoms with van der Waals surface area (Å²) in [6.45, 7) is 0. The molecule has 0 fully saturated rings. The van der Waals surface area contributed by atoms with Crippen LogP contribution in [0.2, 0.25) is 5.15 Å². The topological polar surface area (TPSA) is 65.3 Å². The van der Waals surface area contributed by atoms with E-state index in [1.165, 1.54) is 0 Å². The largest absolute Gasteiger partial charge is 0.428 e. The van der Waals surface area contributed by atoms with E-state index in [0.717, 1.165) is 29.5 Å². The smallest absolute Gasteiger partial charge is 0.280 e. The second kappa shape index (κ2) is 5.68. The van der Waals surface area contributed by atoms with Crippen molar-refractivity contribution >= 4 is 40.2 Å². The monoisotopic (exact) mass is 322 g/mol. The normalized spacial score (nSPS) is 10.5. The Balaban J connectivity index is 2.25. The van der Waals surface area contributed by atoms with Gasteiger partial charge in [0.25, 0.3) is 10.9 Å². The molecule has 9 heteroatoms. The molecule has 0 aliphatic heterocycles. The predicted octanol–water partition coefficient (Wildman–Crippen LogP) is 4.37. The van der Waals surface area contributed by atoms with Gasteiger partial charge in [-0.15, -0.1) is 11.6 Å². The first-order valence-electron chi connectivity index (χ1n) is 4.84. The highest BCUT2D eigenvalue weighted by Gasteiger charge is 2.15. The van der Waals surface area contributed by atoms with Gasteiger partial charge in [-0.2, -0.15) is 4.98 Å². The molecule has 0 unspecified atom stereocenters. The second-order valence-corrected chi connectivity index (χ2v) is 4.97. The molecule has 1 heterocycles. The van der Waals surface area contributed by atoms with Gasteiger partial charge in [-0.1, -0.05) is 22.9 Å². The molecular formula is C10H5Cl2FN2O3S. The van der Waals surface area contributed by atoms with Crippen molar-refractivity contribution in [3.05, 3.63) is 44.2 Å². The molecule has 19 heavy (non-hydrogen) atoms. The highest BCUT2D eigenvalue weighted by molar-refractivity contribution is 7.14. The van der Waals surface area contributed by atoms with E-state index >= 15 is 0 Å². The summed E-state index contributed by atoms with van der Waals surface area (Å²) in [5, 5.41) is 10.8. The maximum Gasteiger partial charge on any atom is 0.280 e. The molecule has 0 aliphatic carbocycles. The minimum atomic E-state index is -0.854. The summed E-state index contributed by atoms with van der Waals surface area (Å²) in [5.41, 5.74) is -0.358. The molecule has 5 nitrogen and oxygen atoms in total. The summed E-state index contributed by atoms with van der Waals surface area (Å²) in [5.74, 6) is -0.854. The quantitative estimate of drug-likeness (QED) is 0.476. The summed E-state index contributed by atoms with van der Waals surface area (Å²) in [4.78, 5) is 14.2. The van der Waals surface area contributed by atoms with Crippen LogP contribution in [-0.4, -0.2) is 9.91 Å². The number of ether oxygens (including phenoxy) is 1. The van der Waals surface area contributed by atoms with Crippen molar-refractivity contribution in [1.29, 1.82) is 0 Å². The maximum atomic E-state index is 13.6. The molecule has 0 radical (unpaired) electrons. The number of nitro groups is 1. The minimum Gasteiger partial charge on any atom is -0.428 e. The van der Waals surface area contributed by atoms with Gasteiger partial charge >= 0.3 is 0 Å². The lowest BCUT2D eigenvalue weighted by molar-refractivity contribution is -0.385. The molecule has 0 amide bonds. The van der Waals surface area contributed by atoms with Crippen LogP contribution in [0.4, 0.5) is 10.1 Å².